The lowest BCUT2D eigenvalue weighted by Crippen LogP contribution is -2.42. The smallest absolute Gasteiger partial charge is 0.417 e. The Morgan fingerprint density at radius 3 is 2.75 bits per heavy atom. The Balaban J connectivity index is 1.73. The van der Waals surface area contributed by atoms with Gasteiger partial charge in [0.1, 0.15) is 11.9 Å². The molecule has 0 spiro atoms. The van der Waals surface area contributed by atoms with Gasteiger partial charge in [-0.05, 0) is 31.0 Å². The lowest BCUT2D eigenvalue weighted by Gasteiger charge is -2.33. The summed E-state index contributed by atoms with van der Waals surface area (Å²) in [5, 5.41) is 0. The quantitative estimate of drug-likeness (QED) is 0.798. The molecule has 0 aromatic carbocycles. The summed E-state index contributed by atoms with van der Waals surface area (Å²) in [6, 6.07) is 3.99. The maximum Gasteiger partial charge on any atom is 0.417 e. The van der Waals surface area contributed by atoms with E-state index in [1.54, 1.807) is 29.4 Å². The van der Waals surface area contributed by atoms with Crippen molar-refractivity contribution in [2.24, 2.45) is 0 Å². The maximum absolute atomic E-state index is 14.1. The Hall–Kier alpha value is -2.38. The lowest BCUT2D eigenvalue weighted by molar-refractivity contribution is -0.138. The summed E-state index contributed by atoms with van der Waals surface area (Å²) in [6.07, 6.45) is 0.550. The van der Waals surface area contributed by atoms with Crippen molar-refractivity contribution in [3.05, 3.63) is 48.2 Å². The van der Waals surface area contributed by atoms with E-state index in [-0.39, 0.29) is 11.9 Å². The van der Waals surface area contributed by atoms with Crippen molar-refractivity contribution in [3.8, 4) is 5.75 Å². The average molecular weight is 341 g/mol. The van der Waals surface area contributed by atoms with Crippen molar-refractivity contribution < 1.29 is 22.3 Å². The highest BCUT2D eigenvalue weighted by atomic mass is 19.4. The fraction of sp³-hybridized carbons (Fsp3) is 0.375. The van der Waals surface area contributed by atoms with Gasteiger partial charge in [-0.1, -0.05) is 0 Å². The SMILES string of the molecule is Fc1cc(C(F)(F)F)cnc1N1CCCC(Oc2cccnc2)C1. The molecule has 4 nitrogen and oxygen atoms in total. The molecule has 0 amide bonds. The van der Waals surface area contributed by atoms with Gasteiger partial charge in [-0.25, -0.2) is 9.37 Å². The van der Waals surface area contributed by atoms with Gasteiger partial charge in [0.2, 0.25) is 0 Å². The molecule has 8 heteroatoms. The van der Waals surface area contributed by atoms with Gasteiger partial charge in [0.25, 0.3) is 0 Å². The van der Waals surface area contributed by atoms with Gasteiger partial charge < -0.3 is 9.64 Å². The first-order valence-corrected chi connectivity index (χ1v) is 7.48. The first kappa shape index (κ1) is 16.5. The van der Waals surface area contributed by atoms with E-state index in [1.165, 1.54) is 0 Å². The summed E-state index contributed by atoms with van der Waals surface area (Å²) in [6.45, 7) is 0.867. The molecule has 0 bridgehead atoms. The number of hydrogen-bond acceptors (Lipinski definition) is 4. The van der Waals surface area contributed by atoms with E-state index < -0.39 is 17.6 Å². The molecule has 0 radical (unpaired) electrons. The summed E-state index contributed by atoms with van der Waals surface area (Å²) in [5.41, 5.74) is -1.09. The average Bonchev–Trinajstić information content (AvgIpc) is 2.55. The molecule has 0 saturated carbocycles. The number of nitrogens with zero attached hydrogens (tertiary/aromatic N) is 3. The van der Waals surface area contributed by atoms with Crippen LogP contribution in [0.4, 0.5) is 23.4 Å². The van der Waals surface area contributed by atoms with Crippen LogP contribution in [-0.2, 0) is 6.18 Å². The molecule has 3 rings (SSSR count). The Labute approximate surface area is 136 Å². The Morgan fingerprint density at radius 2 is 2.08 bits per heavy atom. The fourth-order valence-corrected chi connectivity index (χ4v) is 2.65. The predicted molar refractivity (Wildman–Crippen MR) is 79.3 cm³/mol. The van der Waals surface area contributed by atoms with Crippen LogP contribution in [0.5, 0.6) is 5.75 Å². The highest BCUT2D eigenvalue weighted by Gasteiger charge is 2.33. The number of alkyl halides is 3. The normalized spacial score (nSPS) is 18.5. The van der Waals surface area contributed by atoms with Gasteiger partial charge in [0.15, 0.2) is 11.6 Å². The van der Waals surface area contributed by atoms with E-state index >= 15 is 0 Å². The second-order valence-electron chi connectivity index (χ2n) is 5.54. The first-order chi connectivity index (χ1) is 11.4. The molecule has 2 aromatic rings. The molecule has 0 N–H and O–H groups in total. The number of anilines is 1. The van der Waals surface area contributed by atoms with Crippen LogP contribution in [0.2, 0.25) is 0 Å². The number of aromatic nitrogens is 2. The fourth-order valence-electron chi connectivity index (χ4n) is 2.65. The van der Waals surface area contributed by atoms with E-state index in [2.05, 4.69) is 9.97 Å². The first-order valence-electron chi connectivity index (χ1n) is 7.48. The topological polar surface area (TPSA) is 38.2 Å². The van der Waals surface area contributed by atoms with Crippen LogP contribution in [0.3, 0.4) is 0 Å². The molecule has 1 saturated heterocycles. The van der Waals surface area contributed by atoms with E-state index in [0.29, 0.717) is 31.1 Å². The highest BCUT2D eigenvalue weighted by Crippen LogP contribution is 2.31. The van der Waals surface area contributed by atoms with Crippen molar-refractivity contribution in [3.63, 3.8) is 0 Å². The molecule has 1 unspecified atom stereocenters. The number of pyridine rings is 2. The molecule has 3 heterocycles. The largest absolute Gasteiger partial charge is 0.487 e. The standard InChI is InChI=1S/C16H15F4N3O/c17-14-7-11(16(18,19)20)8-22-15(14)23-6-2-4-13(10-23)24-12-3-1-5-21-9-12/h1,3,5,7-9,13H,2,4,6,10H2. The minimum atomic E-state index is -4.61. The van der Waals surface area contributed by atoms with Crippen LogP contribution in [-0.4, -0.2) is 29.2 Å². The minimum Gasteiger partial charge on any atom is -0.487 e. The number of rotatable bonds is 3. The van der Waals surface area contributed by atoms with Gasteiger partial charge in [-0.3, -0.25) is 4.98 Å². The summed E-state index contributed by atoms with van der Waals surface area (Å²) < 4.78 is 57.7. The van der Waals surface area contributed by atoms with Crippen LogP contribution in [0.15, 0.2) is 36.8 Å². The number of hydrogen-bond donors (Lipinski definition) is 0. The molecular formula is C16H15F4N3O. The van der Waals surface area contributed by atoms with Gasteiger partial charge in [0.05, 0.1) is 18.3 Å². The molecule has 24 heavy (non-hydrogen) atoms. The zero-order chi connectivity index (χ0) is 17.2. The minimum absolute atomic E-state index is 0.0810. The second-order valence-corrected chi connectivity index (χ2v) is 5.54. The van der Waals surface area contributed by atoms with Gasteiger partial charge in [0, 0.05) is 18.9 Å². The van der Waals surface area contributed by atoms with Crippen LogP contribution < -0.4 is 9.64 Å². The summed E-state index contributed by atoms with van der Waals surface area (Å²) in [7, 11) is 0. The Kier molecular flexibility index (Phi) is 4.55. The van der Waals surface area contributed by atoms with E-state index in [4.69, 9.17) is 4.74 Å². The van der Waals surface area contributed by atoms with E-state index in [0.717, 1.165) is 12.8 Å². The summed E-state index contributed by atoms with van der Waals surface area (Å²) in [5.74, 6) is -0.459. The second kappa shape index (κ2) is 6.62. The zero-order valence-electron chi connectivity index (χ0n) is 12.6. The zero-order valence-corrected chi connectivity index (χ0v) is 12.6. The number of halogens is 4. The number of ether oxygens (including phenoxy) is 1. The predicted octanol–water partition coefficient (Wildman–Crippen LogP) is 3.68. The molecule has 2 aromatic heterocycles. The highest BCUT2D eigenvalue weighted by molar-refractivity contribution is 5.42. The molecule has 1 atom stereocenters. The lowest BCUT2D eigenvalue weighted by atomic mass is 10.1. The van der Waals surface area contributed by atoms with Gasteiger partial charge in [-0.2, -0.15) is 13.2 Å². The molecule has 1 fully saturated rings. The monoisotopic (exact) mass is 341 g/mol. The Bertz CT molecular complexity index is 693. The van der Waals surface area contributed by atoms with Crippen molar-refractivity contribution >= 4 is 5.82 Å². The van der Waals surface area contributed by atoms with Crippen LogP contribution >= 0.6 is 0 Å². The molecular weight excluding hydrogens is 326 g/mol. The number of piperidine rings is 1. The van der Waals surface area contributed by atoms with Gasteiger partial charge >= 0.3 is 6.18 Å². The van der Waals surface area contributed by atoms with Crippen LogP contribution in [0, 0.1) is 5.82 Å². The third-order valence-corrected chi connectivity index (χ3v) is 3.76. The molecule has 1 aliphatic rings. The Morgan fingerprint density at radius 1 is 1.25 bits per heavy atom. The molecule has 0 aliphatic carbocycles. The van der Waals surface area contributed by atoms with Crippen LogP contribution in [0.1, 0.15) is 18.4 Å². The third-order valence-electron chi connectivity index (χ3n) is 3.76. The van der Waals surface area contributed by atoms with Crippen molar-refractivity contribution in [1.29, 1.82) is 0 Å². The molecule has 1 aliphatic heterocycles. The van der Waals surface area contributed by atoms with E-state index in [1.807, 2.05) is 0 Å². The summed E-state index contributed by atoms with van der Waals surface area (Å²) in [4.78, 5) is 9.24. The van der Waals surface area contributed by atoms with Crippen molar-refractivity contribution in [2.45, 2.75) is 25.1 Å². The summed E-state index contributed by atoms with van der Waals surface area (Å²) >= 11 is 0. The van der Waals surface area contributed by atoms with Crippen LogP contribution in [0.25, 0.3) is 0 Å². The van der Waals surface area contributed by atoms with Crippen molar-refractivity contribution in [1.82, 2.24) is 9.97 Å². The van der Waals surface area contributed by atoms with Gasteiger partial charge in [-0.15, -0.1) is 0 Å². The third kappa shape index (κ3) is 3.74. The van der Waals surface area contributed by atoms with E-state index in [9.17, 15) is 17.6 Å². The van der Waals surface area contributed by atoms with Crippen molar-refractivity contribution in [2.75, 3.05) is 18.0 Å². The maximum atomic E-state index is 14.1. The molecule has 128 valence electrons.